The first-order valence-corrected chi connectivity index (χ1v) is 5.45. The first-order chi connectivity index (χ1) is 8.08. The van der Waals surface area contributed by atoms with Gasteiger partial charge in [-0.2, -0.15) is 5.10 Å². The van der Waals surface area contributed by atoms with E-state index in [9.17, 15) is 4.39 Å². The highest BCUT2D eigenvalue weighted by Crippen LogP contribution is 2.11. The molecule has 0 aliphatic carbocycles. The molecule has 0 spiro atoms. The molecule has 0 saturated heterocycles. The van der Waals surface area contributed by atoms with Crippen LogP contribution in [0.2, 0.25) is 0 Å². The maximum absolute atomic E-state index is 13.3. The monoisotopic (exact) mass is 234 g/mol. The second kappa shape index (κ2) is 4.63. The normalized spacial score (nSPS) is 10.8. The second-order valence-electron chi connectivity index (χ2n) is 4.04. The Morgan fingerprint density at radius 3 is 2.53 bits per heavy atom. The van der Waals surface area contributed by atoms with E-state index in [0.717, 1.165) is 22.8 Å². The molecule has 90 valence electrons. The van der Waals surface area contributed by atoms with Gasteiger partial charge in [-0.05, 0) is 37.1 Å². The maximum Gasteiger partial charge on any atom is 0.147 e. The second-order valence-corrected chi connectivity index (χ2v) is 4.04. The largest absolute Gasteiger partial charge is 0.326 e. The Hall–Kier alpha value is -1.75. The Labute approximate surface area is 99.3 Å². The molecule has 1 aromatic heterocycles. The van der Waals surface area contributed by atoms with Crippen molar-refractivity contribution in [2.24, 2.45) is 5.73 Å². The van der Waals surface area contributed by atoms with Gasteiger partial charge in [0.05, 0.1) is 6.54 Å². The van der Waals surface area contributed by atoms with Crippen LogP contribution in [0.25, 0.3) is 0 Å². The third-order valence-electron chi connectivity index (χ3n) is 2.55. The number of benzene rings is 1. The smallest absolute Gasteiger partial charge is 0.147 e. The van der Waals surface area contributed by atoms with E-state index >= 15 is 0 Å². The molecule has 1 heterocycles. The summed E-state index contributed by atoms with van der Waals surface area (Å²) >= 11 is 0. The van der Waals surface area contributed by atoms with Crippen molar-refractivity contribution in [1.29, 1.82) is 0 Å². The molecule has 0 bridgehead atoms. The van der Waals surface area contributed by atoms with Crippen LogP contribution in [-0.4, -0.2) is 14.8 Å². The zero-order valence-electron chi connectivity index (χ0n) is 9.94. The summed E-state index contributed by atoms with van der Waals surface area (Å²) in [6.45, 7) is 4.56. The van der Waals surface area contributed by atoms with E-state index in [2.05, 4.69) is 10.1 Å². The molecule has 2 rings (SSSR count). The summed E-state index contributed by atoms with van der Waals surface area (Å²) in [4.78, 5) is 4.21. The lowest BCUT2D eigenvalue weighted by molar-refractivity contribution is 0.612. The van der Waals surface area contributed by atoms with E-state index in [1.165, 1.54) is 12.1 Å². The molecule has 0 atom stereocenters. The quantitative estimate of drug-likeness (QED) is 0.876. The van der Waals surface area contributed by atoms with E-state index in [-0.39, 0.29) is 5.82 Å². The van der Waals surface area contributed by atoms with E-state index in [1.54, 1.807) is 4.68 Å². The van der Waals surface area contributed by atoms with Crippen LogP contribution >= 0.6 is 0 Å². The van der Waals surface area contributed by atoms with Crippen LogP contribution in [0.4, 0.5) is 4.39 Å². The number of nitrogens with zero attached hydrogens (tertiary/aromatic N) is 3. The van der Waals surface area contributed by atoms with Crippen LogP contribution < -0.4 is 5.73 Å². The molecule has 1 aromatic carbocycles. The Kier molecular flexibility index (Phi) is 3.19. The summed E-state index contributed by atoms with van der Waals surface area (Å²) in [7, 11) is 0. The van der Waals surface area contributed by atoms with E-state index in [4.69, 9.17) is 5.73 Å². The first kappa shape index (κ1) is 11.7. The standard InChI is InChI=1S/C12H15FN4/c1-8-15-9(2)17(16-8)7-11-3-10(6-14)4-12(13)5-11/h3-5H,6-7,14H2,1-2H3. The lowest BCUT2D eigenvalue weighted by atomic mass is 10.1. The molecule has 0 amide bonds. The molecule has 2 N–H and O–H groups in total. The van der Waals surface area contributed by atoms with Crippen molar-refractivity contribution in [2.45, 2.75) is 26.9 Å². The predicted octanol–water partition coefficient (Wildman–Crippen LogP) is 1.54. The molecule has 0 aliphatic rings. The van der Waals surface area contributed by atoms with Gasteiger partial charge in [0.25, 0.3) is 0 Å². The van der Waals surface area contributed by atoms with Crippen molar-refractivity contribution in [2.75, 3.05) is 0 Å². The van der Waals surface area contributed by atoms with Gasteiger partial charge in [0, 0.05) is 6.54 Å². The summed E-state index contributed by atoms with van der Waals surface area (Å²) < 4.78 is 15.1. The van der Waals surface area contributed by atoms with Gasteiger partial charge in [0.15, 0.2) is 0 Å². The summed E-state index contributed by atoms with van der Waals surface area (Å²) in [5.74, 6) is 1.27. The van der Waals surface area contributed by atoms with Crippen LogP contribution in [-0.2, 0) is 13.1 Å². The van der Waals surface area contributed by atoms with Crippen LogP contribution in [0.15, 0.2) is 18.2 Å². The number of aromatic nitrogens is 3. The summed E-state index contributed by atoms with van der Waals surface area (Å²) in [5.41, 5.74) is 7.15. The summed E-state index contributed by atoms with van der Waals surface area (Å²) in [6, 6.07) is 4.83. The van der Waals surface area contributed by atoms with Crippen molar-refractivity contribution < 1.29 is 4.39 Å². The van der Waals surface area contributed by atoms with Gasteiger partial charge in [-0.3, -0.25) is 0 Å². The highest BCUT2D eigenvalue weighted by Gasteiger charge is 2.05. The molecule has 2 aromatic rings. The van der Waals surface area contributed by atoms with Crippen molar-refractivity contribution in [3.63, 3.8) is 0 Å². The molecular formula is C12H15FN4. The fourth-order valence-corrected chi connectivity index (χ4v) is 1.81. The zero-order chi connectivity index (χ0) is 12.4. The molecule has 4 nitrogen and oxygen atoms in total. The molecule has 0 radical (unpaired) electrons. The highest BCUT2D eigenvalue weighted by atomic mass is 19.1. The van der Waals surface area contributed by atoms with Gasteiger partial charge in [0.1, 0.15) is 17.5 Å². The molecule has 17 heavy (non-hydrogen) atoms. The third-order valence-corrected chi connectivity index (χ3v) is 2.55. The number of hydrogen-bond donors (Lipinski definition) is 1. The minimum absolute atomic E-state index is 0.266. The van der Waals surface area contributed by atoms with Crippen molar-refractivity contribution in [3.8, 4) is 0 Å². The van der Waals surface area contributed by atoms with Crippen molar-refractivity contribution >= 4 is 0 Å². The van der Waals surface area contributed by atoms with Gasteiger partial charge in [-0.1, -0.05) is 6.07 Å². The summed E-state index contributed by atoms with van der Waals surface area (Å²) in [5, 5.41) is 4.24. The van der Waals surface area contributed by atoms with Crippen LogP contribution in [0, 0.1) is 19.7 Å². The predicted molar refractivity (Wildman–Crippen MR) is 62.9 cm³/mol. The van der Waals surface area contributed by atoms with E-state index in [0.29, 0.717) is 13.1 Å². The summed E-state index contributed by atoms with van der Waals surface area (Å²) in [6.07, 6.45) is 0. The van der Waals surface area contributed by atoms with Gasteiger partial charge in [-0.15, -0.1) is 0 Å². The number of halogens is 1. The van der Waals surface area contributed by atoms with Gasteiger partial charge < -0.3 is 5.73 Å². The fraction of sp³-hybridized carbons (Fsp3) is 0.333. The number of hydrogen-bond acceptors (Lipinski definition) is 3. The van der Waals surface area contributed by atoms with E-state index in [1.807, 2.05) is 19.9 Å². The molecule has 0 fully saturated rings. The highest BCUT2D eigenvalue weighted by molar-refractivity contribution is 5.24. The number of rotatable bonds is 3. The Morgan fingerprint density at radius 2 is 1.94 bits per heavy atom. The zero-order valence-corrected chi connectivity index (χ0v) is 9.94. The number of aryl methyl sites for hydroxylation is 2. The minimum Gasteiger partial charge on any atom is -0.326 e. The molecule has 0 aliphatic heterocycles. The Morgan fingerprint density at radius 1 is 1.24 bits per heavy atom. The van der Waals surface area contributed by atoms with Crippen molar-refractivity contribution in [3.05, 3.63) is 46.8 Å². The van der Waals surface area contributed by atoms with Gasteiger partial charge in [0.2, 0.25) is 0 Å². The first-order valence-electron chi connectivity index (χ1n) is 5.45. The SMILES string of the molecule is Cc1nc(C)n(Cc2cc(F)cc(CN)c2)n1. The molecule has 5 heteroatoms. The van der Waals surface area contributed by atoms with Crippen LogP contribution in [0.5, 0.6) is 0 Å². The lowest BCUT2D eigenvalue weighted by Crippen LogP contribution is -2.06. The molecule has 0 unspecified atom stereocenters. The van der Waals surface area contributed by atoms with E-state index < -0.39 is 0 Å². The Balaban J connectivity index is 2.29. The fourth-order valence-electron chi connectivity index (χ4n) is 1.81. The van der Waals surface area contributed by atoms with Crippen LogP contribution in [0.1, 0.15) is 22.8 Å². The average molecular weight is 234 g/mol. The van der Waals surface area contributed by atoms with Gasteiger partial charge in [-0.25, -0.2) is 14.1 Å². The average Bonchev–Trinajstić information content (AvgIpc) is 2.56. The number of nitrogens with two attached hydrogens (primary N) is 1. The maximum atomic E-state index is 13.3. The Bertz CT molecular complexity index is 533. The molecular weight excluding hydrogens is 219 g/mol. The van der Waals surface area contributed by atoms with Crippen molar-refractivity contribution in [1.82, 2.24) is 14.8 Å². The van der Waals surface area contributed by atoms with Crippen LogP contribution in [0.3, 0.4) is 0 Å². The lowest BCUT2D eigenvalue weighted by Gasteiger charge is -2.06. The minimum atomic E-state index is -0.266. The topological polar surface area (TPSA) is 56.7 Å². The molecule has 0 saturated carbocycles. The third kappa shape index (κ3) is 2.68. The van der Waals surface area contributed by atoms with Gasteiger partial charge >= 0.3 is 0 Å².